The van der Waals surface area contributed by atoms with Crippen molar-refractivity contribution in [2.45, 2.75) is 57.9 Å². The van der Waals surface area contributed by atoms with Crippen molar-refractivity contribution in [2.24, 2.45) is 5.92 Å². The fourth-order valence-corrected chi connectivity index (χ4v) is 3.24. The summed E-state index contributed by atoms with van der Waals surface area (Å²) < 4.78 is 0. The molecule has 18 heavy (non-hydrogen) atoms. The molecule has 2 aliphatic carbocycles. The van der Waals surface area contributed by atoms with Crippen molar-refractivity contribution in [1.82, 2.24) is 5.32 Å². The van der Waals surface area contributed by atoms with E-state index in [1.165, 1.54) is 43.4 Å². The molecular formula is C17H25N. The van der Waals surface area contributed by atoms with E-state index < -0.39 is 0 Å². The van der Waals surface area contributed by atoms with Gasteiger partial charge in [-0.05, 0) is 62.1 Å². The molecule has 98 valence electrons. The van der Waals surface area contributed by atoms with Gasteiger partial charge in [-0.25, -0.2) is 0 Å². The lowest BCUT2D eigenvalue weighted by Gasteiger charge is -2.49. The van der Waals surface area contributed by atoms with E-state index in [2.05, 4.69) is 44.3 Å². The zero-order chi connectivity index (χ0) is 12.8. The summed E-state index contributed by atoms with van der Waals surface area (Å²) >= 11 is 0. The van der Waals surface area contributed by atoms with E-state index in [0.717, 1.165) is 12.0 Å². The van der Waals surface area contributed by atoms with E-state index in [-0.39, 0.29) is 0 Å². The lowest BCUT2D eigenvalue weighted by molar-refractivity contribution is 0.133. The maximum atomic E-state index is 3.76. The van der Waals surface area contributed by atoms with Gasteiger partial charge in [0.1, 0.15) is 0 Å². The van der Waals surface area contributed by atoms with Crippen LogP contribution in [0.3, 0.4) is 0 Å². The van der Waals surface area contributed by atoms with Crippen molar-refractivity contribution >= 4 is 0 Å². The first-order valence-electron chi connectivity index (χ1n) is 7.43. The molecule has 0 saturated heterocycles. The van der Waals surface area contributed by atoms with Crippen LogP contribution in [-0.4, -0.2) is 12.6 Å². The van der Waals surface area contributed by atoms with E-state index in [9.17, 15) is 0 Å². The van der Waals surface area contributed by atoms with Gasteiger partial charge < -0.3 is 5.32 Å². The molecule has 0 radical (unpaired) electrons. The van der Waals surface area contributed by atoms with Crippen molar-refractivity contribution < 1.29 is 0 Å². The molecule has 2 aliphatic rings. The van der Waals surface area contributed by atoms with Crippen LogP contribution in [0.25, 0.3) is 0 Å². The maximum Gasteiger partial charge on any atom is 0.0104 e. The zero-order valence-corrected chi connectivity index (χ0v) is 11.9. The molecule has 0 spiro atoms. The smallest absolute Gasteiger partial charge is 0.0104 e. The minimum atomic E-state index is 0.418. The van der Waals surface area contributed by atoms with Gasteiger partial charge in [-0.3, -0.25) is 0 Å². The van der Waals surface area contributed by atoms with Gasteiger partial charge in [0.25, 0.3) is 0 Å². The predicted octanol–water partition coefficient (Wildman–Crippen LogP) is 3.72. The molecule has 1 aromatic carbocycles. The van der Waals surface area contributed by atoms with E-state index in [4.69, 9.17) is 0 Å². The third-order valence-corrected chi connectivity index (χ3v) is 5.33. The van der Waals surface area contributed by atoms with E-state index in [1.807, 2.05) is 0 Å². The van der Waals surface area contributed by atoms with Gasteiger partial charge in [-0.1, -0.05) is 25.1 Å². The van der Waals surface area contributed by atoms with Crippen LogP contribution in [0.2, 0.25) is 0 Å². The second-order valence-corrected chi connectivity index (χ2v) is 6.55. The third-order valence-electron chi connectivity index (χ3n) is 5.33. The number of hydrogen-bond acceptors (Lipinski definition) is 1. The fourth-order valence-electron chi connectivity index (χ4n) is 3.24. The third kappa shape index (κ3) is 1.99. The Bertz CT molecular complexity index is 447. The molecule has 2 unspecified atom stereocenters. The molecule has 2 atom stereocenters. The first kappa shape index (κ1) is 12.2. The van der Waals surface area contributed by atoms with E-state index >= 15 is 0 Å². The van der Waals surface area contributed by atoms with Crippen molar-refractivity contribution in [2.75, 3.05) is 6.54 Å². The van der Waals surface area contributed by atoms with Gasteiger partial charge in [0.15, 0.2) is 0 Å². The van der Waals surface area contributed by atoms with Gasteiger partial charge in [-0.15, -0.1) is 0 Å². The van der Waals surface area contributed by atoms with Crippen LogP contribution in [0, 0.1) is 19.8 Å². The molecule has 0 heterocycles. The molecule has 2 saturated carbocycles. The molecule has 0 amide bonds. The van der Waals surface area contributed by atoms with Crippen LogP contribution in [-0.2, 0) is 5.41 Å². The summed E-state index contributed by atoms with van der Waals surface area (Å²) in [6.07, 6.45) is 5.52. The molecule has 1 nitrogen and oxygen atoms in total. The quantitative estimate of drug-likeness (QED) is 0.850. The van der Waals surface area contributed by atoms with Gasteiger partial charge in [-0.2, -0.15) is 0 Å². The van der Waals surface area contributed by atoms with E-state index in [0.29, 0.717) is 5.41 Å². The normalized spacial score (nSPS) is 31.2. The standard InChI is InChI=1S/C17H25N/c1-12-4-5-15(10-13(12)2)17(9-8-14(17)3)11-18-16-6-7-16/h4-5,10,14,16,18H,6-9,11H2,1-3H3. The Morgan fingerprint density at radius 3 is 2.44 bits per heavy atom. The highest BCUT2D eigenvalue weighted by Gasteiger charge is 2.45. The molecular weight excluding hydrogens is 218 g/mol. The fraction of sp³-hybridized carbons (Fsp3) is 0.647. The highest BCUT2D eigenvalue weighted by Crippen LogP contribution is 2.48. The van der Waals surface area contributed by atoms with Crippen molar-refractivity contribution in [3.63, 3.8) is 0 Å². The highest BCUT2D eigenvalue weighted by molar-refractivity contribution is 5.37. The summed E-state index contributed by atoms with van der Waals surface area (Å²) in [6, 6.07) is 7.92. The first-order chi connectivity index (χ1) is 8.62. The number of rotatable bonds is 4. The van der Waals surface area contributed by atoms with Crippen LogP contribution in [0.1, 0.15) is 49.3 Å². The predicted molar refractivity (Wildman–Crippen MR) is 77.0 cm³/mol. The second kappa shape index (κ2) is 4.38. The van der Waals surface area contributed by atoms with Crippen LogP contribution in [0.4, 0.5) is 0 Å². The van der Waals surface area contributed by atoms with Crippen molar-refractivity contribution in [1.29, 1.82) is 0 Å². The summed E-state index contributed by atoms with van der Waals surface area (Å²) in [7, 11) is 0. The molecule has 0 aromatic heterocycles. The summed E-state index contributed by atoms with van der Waals surface area (Å²) in [5.74, 6) is 0.825. The van der Waals surface area contributed by atoms with Gasteiger partial charge in [0.05, 0.1) is 0 Å². The summed E-state index contributed by atoms with van der Waals surface area (Å²) in [5, 5.41) is 3.76. The van der Waals surface area contributed by atoms with Gasteiger partial charge in [0.2, 0.25) is 0 Å². The average molecular weight is 243 g/mol. The second-order valence-electron chi connectivity index (χ2n) is 6.55. The monoisotopic (exact) mass is 243 g/mol. The molecule has 3 rings (SSSR count). The summed E-state index contributed by atoms with van der Waals surface area (Å²) in [6.45, 7) is 8.05. The van der Waals surface area contributed by atoms with Crippen LogP contribution < -0.4 is 5.32 Å². The molecule has 1 N–H and O–H groups in total. The van der Waals surface area contributed by atoms with Crippen LogP contribution >= 0.6 is 0 Å². The lowest BCUT2D eigenvalue weighted by Crippen LogP contribution is -2.50. The summed E-state index contributed by atoms with van der Waals surface area (Å²) in [4.78, 5) is 0. The molecule has 0 aliphatic heterocycles. The zero-order valence-electron chi connectivity index (χ0n) is 11.9. The number of nitrogens with one attached hydrogen (secondary N) is 1. The Kier molecular flexibility index (Phi) is 2.97. The number of hydrogen-bond donors (Lipinski definition) is 1. The number of benzene rings is 1. The summed E-state index contributed by atoms with van der Waals surface area (Å²) in [5.41, 5.74) is 4.84. The highest BCUT2D eigenvalue weighted by atomic mass is 15.0. The number of aryl methyl sites for hydroxylation is 2. The van der Waals surface area contributed by atoms with Crippen LogP contribution in [0.5, 0.6) is 0 Å². The maximum absolute atomic E-state index is 3.76. The molecule has 2 fully saturated rings. The molecule has 0 bridgehead atoms. The Morgan fingerprint density at radius 2 is 1.94 bits per heavy atom. The van der Waals surface area contributed by atoms with Crippen LogP contribution in [0.15, 0.2) is 18.2 Å². The van der Waals surface area contributed by atoms with Crippen molar-refractivity contribution in [3.8, 4) is 0 Å². The SMILES string of the molecule is Cc1ccc(C2(CNC3CC3)CCC2C)cc1C. The lowest BCUT2D eigenvalue weighted by atomic mass is 9.57. The average Bonchev–Trinajstić information content (AvgIpc) is 3.16. The Labute approximate surface area is 111 Å². The molecule has 1 aromatic rings. The van der Waals surface area contributed by atoms with E-state index in [1.54, 1.807) is 5.56 Å². The Hall–Kier alpha value is -0.820. The minimum Gasteiger partial charge on any atom is -0.313 e. The minimum absolute atomic E-state index is 0.418. The first-order valence-corrected chi connectivity index (χ1v) is 7.43. The van der Waals surface area contributed by atoms with Gasteiger partial charge in [0, 0.05) is 18.0 Å². The Balaban J connectivity index is 1.85. The molecule has 1 heteroatoms. The van der Waals surface area contributed by atoms with Gasteiger partial charge >= 0.3 is 0 Å². The Morgan fingerprint density at radius 1 is 1.17 bits per heavy atom. The van der Waals surface area contributed by atoms with Crippen molar-refractivity contribution in [3.05, 3.63) is 34.9 Å². The topological polar surface area (TPSA) is 12.0 Å². The largest absolute Gasteiger partial charge is 0.313 e.